The quantitative estimate of drug-likeness (QED) is 0.0514. The van der Waals surface area contributed by atoms with Gasteiger partial charge in [0.15, 0.2) is 0 Å². The highest BCUT2D eigenvalue weighted by Crippen LogP contribution is 2.13. The number of carbonyl (C=O) groups excluding carboxylic acids is 1. The molecule has 2 atom stereocenters. The molecule has 1 amide bonds. The summed E-state index contributed by atoms with van der Waals surface area (Å²) in [6.45, 7) is 4.20. The van der Waals surface area contributed by atoms with Crippen LogP contribution >= 0.6 is 0 Å². The molecule has 0 radical (unpaired) electrons. The number of hydrogen-bond donors (Lipinski definition) is 3. The minimum absolute atomic E-state index is 0.0619. The molecule has 0 aromatic carbocycles. The number of carbonyl (C=O) groups is 1. The number of aliphatic hydroxyl groups excluding tert-OH is 2. The molecule has 0 saturated carbocycles. The summed E-state index contributed by atoms with van der Waals surface area (Å²) in [5, 5.41) is 23.0. The fourth-order valence-electron chi connectivity index (χ4n) is 5.13. The molecule has 0 spiro atoms. The first kappa shape index (κ1) is 42.8. The second-order valence-electron chi connectivity index (χ2n) is 12.3. The summed E-state index contributed by atoms with van der Waals surface area (Å²) in [7, 11) is 0. The van der Waals surface area contributed by atoms with E-state index in [9.17, 15) is 15.0 Å². The van der Waals surface area contributed by atoms with Crippen LogP contribution in [0, 0.1) is 0 Å². The highest BCUT2D eigenvalue weighted by molar-refractivity contribution is 5.76. The van der Waals surface area contributed by atoms with Gasteiger partial charge in [0.25, 0.3) is 0 Å². The SMILES string of the molecule is CC/C=C\C/C=C\C/C=C\C/C=C\C/C=C\C/C=C\CCCCCCC(=O)NC(CO)C(O)CCCCCCCCCCCC. The molecule has 0 rings (SSSR count). The highest BCUT2D eigenvalue weighted by Gasteiger charge is 2.19. The van der Waals surface area contributed by atoms with E-state index in [0.717, 1.165) is 83.5 Å². The third kappa shape index (κ3) is 33.0. The van der Waals surface area contributed by atoms with Crippen molar-refractivity contribution >= 4 is 5.91 Å². The van der Waals surface area contributed by atoms with Crippen molar-refractivity contribution in [2.75, 3.05) is 6.61 Å². The average molecular weight is 626 g/mol. The summed E-state index contributed by atoms with van der Waals surface area (Å²) < 4.78 is 0. The maximum atomic E-state index is 12.3. The van der Waals surface area contributed by atoms with E-state index in [2.05, 4.69) is 92.1 Å². The summed E-state index contributed by atoms with van der Waals surface area (Å²) >= 11 is 0. The number of allylic oxidation sites excluding steroid dienone is 12. The Morgan fingerprint density at radius 2 is 0.978 bits per heavy atom. The van der Waals surface area contributed by atoms with Gasteiger partial charge in [0, 0.05) is 6.42 Å². The Morgan fingerprint density at radius 1 is 0.556 bits per heavy atom. The lowest BCUT2D eigenvalue weighted by molar-refractivity contribution is -0.123. The van der Waals surface area contributed by atoms with Gasteiger partial charge in [0.2, 0.25) is 5.91 Å². The molecule has 0 saturated heterocycles. The third-order valence-corrected chi connectivity index (χ3v) is 7.98. The molecule has 0 aliphatic heterocycles. The number of aliphatic hydroxyl groups is 2. The molecule has 0 aromatic rings. The van der Waals surface area contributed by atoms with Crippen molar-refractivity contribution in [3.63, 3.8) is 0 Å². The van der Waals surface area contributed by atoms with E-state index in [1.807, 2.05) is 0 Å². The molecule has 2 unspecified atom stereocenters. The van der Waals surface area contributed by atoms with Gasteiger partial charge < -0.3 is 15.5 Å². The lowest BCUT2D eigenvalue weighted by atomic mass is 10.0. The molecule has 0 heterocycles. The van der Waals surface area contributed by atoms with Crippen LogP contribution in [0.4, 0.5) is 0 Å². The second kappa shape index (κ2) is 36.3. The smallest absolute Gasteiger partial charge is 0.220 e. The Labute approximate surface area is 278 Å². The lowest BCUT2D eigenvalue weighted by Gasteiger charge is -2.22. The largest absolute Gasteiger partial charge is 0.394 e. The minimum Gasteiger partial charge on any atom is -0.394 e. The van der Waals surface area contributed by atoms with Crippen LogP contribution in [-0.2, 0) is 4.79 Å². The van der Waals surface area contributed by atoms with Crippen molar-refractivity contribution < 1.29 is 15.0 Å². The summed E-state index contributed by atoms with van der Waals surface area (Å²) in [6, 6.07) is -0.552. The fourth-order valence-corrected chi connectivity index (χ4v) is 5.13. The zero-order valence-electron chi connectivity index (χ0n) is 29.4. The van der Waals surface area contributed by atoms with E-state index in [0.29, 0.717) is 12.8 Å². The zero-order chi connectivity index (χ0) is 32.9. The molecule has 0 aromatic heterocycles. The monoisotopic (exact) mass is 626 g/mol. The fraction of sp³-hybridized carbons (Fsp3) is 0.683. The lowest BCUT2D eigenvalue weighted by Crippen LogP contribution is -2.45. The molecule has 3 N–H and O–H groups in total. The van der Waals surface area contributed by atoms with Crippen molar-refractivity contribution in [2.45, 2.75) is 174 Å². The van der Waals surface area contributed by atoms with E-state index in [1.165, 1.54) is 51.4 Å². The molecule has 0 aliphatic rings. The average Bonchev–Trinajstić information content (AvgIpc) is 3.04. The van der Waals surface area contributed by atoms with Gasteiger partial charge in [-0.3, -0.25) is 4.79 Å². The van der Waals surface area contributed by atoms with Gasteiger partial charge in [-0.15, -0.1) is 0 Å². The van der Waals surface area contributed by atoms with Gasteiger partial charge >= 0.3 is 0 Å². The standard InChI is InChI=1S/C41H71NO3/c1-3-5-7-9-11-13-15-16-17-18-19-20-21-22-23-24-25-26-27-29-31-33-35-37-41(45)42-39(38-43)40(44)36-34-32-30-28-14-12-10-8-6-4-2/h5,7,11,13,16-17,19-20,22-23,25-26,39-40,43-44H,3-4,6,8-10,12,14-15,18,21,24,27-38H2,1-2H3,(H,42,45)/b7-5-,13-11-,17-16-,20-19-,23-22-,26-25-. The van der Waals surface area contributed by atoms with Crippen LogP contribution in [0.2, 0.25) is 0 Å². The van der Waals surface area contributed by atoms with Crippen molar-refractivity contribution in [2.24, 2.45) is 0 Å². The second-order valence-corrected chi connectivity index (χ2v) is 12.3. The molecule has 0 bridgehead atoms. The Bertz CT molecular complexity index is 808. The van der Waals surface area contributed by atoms with Gasteiger partial charge in [-0.05, 0) is 64.2 Å². The van der Waals surface area contributed by atoms with Gasteiger partial charge in [-0.25, -0.2) is 0 Å². The first-order valence-electron chi connectivity index (χ1n) is 18.6. The van der Waals surface area contributed by atoms with Crippen molar-refractivity contribution in [3.8, 4) is 0 Å². The molecule has 45 heavy (non-hydrogen) atoms. The van der Waals surface area contributed by atoms with Gasteiger partial charge in [-0.1, -0.05) is 164 Å². The van der Waals surface area contributed by atoms with Crippen LogP contribution in [0.15, 0.2) is 72.9 Å². The normalized spacial score (nSPS) is 14.0. The summed E-state index contributed by atoms with van der Waals surface area (Å²) in [5.41, 5.74) is 0. The Balaban J connectivity index is 3.69. The maximum Gasteiger partial charge on any atom is 0.220 e. The molecule has 258 valence electrons. The molecular weight excluding hydrogens is 554 g/mol. The van der Waals surface area contributed by atoms with Gasteiger partial charge in [-0.2, -0.15) is 0 Å². The predicted molar refractivity (Wildman–Crippen MR) is 197 cm³/mol. The topological polar surface area (TPSA) is 69.6 Å². The Morgan fingerprint density at radius 3 is 1.47 bits per heavy atom. The number of nitrogens with one attached hydrogen (secondary N) is 1. The van der Waals surface area contributed by atoms with E-state index < -0.39 is 12.1 Å². The van der Waals surface area contributed by atoms with Crippen LogP contribution < -0.4 is 5.32 Å². The van der Waals surface area contributed by atoms with Crippen LogP contribution in [0.5, 0.6) is 0 Å². The summed E-state index contributed by atoms with van der Waals surface area (Å²) in [4.78, 5) is 12.3. The summed E-state index contributed by atoms with van der Waals surface area (Å²) in [6.07, 6.45) is 51.0. The zero-order valence-corrected chi connectivity index (χ0v) is 29.4. The van der Waals surface area contributed by atoms with E-state index in [4.69, 9.17) is 0 Å². The van der Waals surface area contributed by atoms with Crippen LogP contribution in [0.25, 0.3) is 0 Å². The minimum atomic E-state index is -0.672. The van der Waals surface area contributed by atoms with Crippen LogP contribution in [0.3, 0.4) is 0 Å². The third-order valence-electron chi connectivity index (χ3n) is 7.98. The first-order valence-corrected chi connectivity index (χ1v) is 18.6. The Kier molecular flexibility index (Phi) is 34.5. The summed E-state index contributed by atoms with van der Waals surface area (Å²) in [5.74, 6) is -0.0619. The van der Waals surface area contributed by atoms with Crippen LogP contribution in [-0.4, -0.2) is 34.9 Å². The predicted octanol–water partition coefficient (Wildman–Crippen LogP) is 11.2. The maximum absolute atomic E-state index is 12.3. The van der Waals surface area contributed by atoms with Crippen molar-refractivity contribution in [1.82, 2.24) is 5.32 Å². The van der Waals surface area contributed by atoms with Crippen LogP contribution in [0.1, 0.15) is 162 Å². The number of amides is 1. The molecule has 0 aliphatic carbocycles. The first-order chi connectivity index (χ1) is 22.2. The van der Waals surface area contributed by atoms with Gasteiger partial charge in [0.05, 0.1) is 18.8 Å². The van der Waals surface area contributed by atoms with Crippen molar-refractivity contribution in [1.29, 1.82) is 0 Å². The molecule has 4 heteroatoms. The number of hydrogen-bond acceptors (Lipinski definition) is 3. The van der Waals surface area contributed by atoms with Crippen molar-refractivity contribution in [3.05, 3.63) is 72.9 Å². The number of unbranched alkanes of at least 4 members (excludes halogenated alkanes) is 13. The van der Waals surface area contributed by atoms with Gasteiger partial charge in [0.1, 0.15) is 0 Å². The van der Waals surface area contributed by atoms with E-state index >= 15 is 0 Å². The van der Waals surface area contributed by atoms with E-state index in [1.54, 1.807) is 0 Å². The molecule has 0 fully saturated rings. The molecular formula is C41H71NO3. The van der Waals surface area contributed by atoms with E-state index in [-0.39, 0.29) is 12.5 Å². The number of rotatable bonds is 32. The Hall–Kier alpha value is -2.17. The molecule has 4 nitrogen and oxygen atoms in total. The highest BCUT2D eigenvalue weighted by atomic mass is 16.3.